The Balaban J connectivity index is 1.93. The highest BCUT2D eigenvalue weighted by molar-refractivity contribution is 5.13. The zero-order chi connectivity index (χ0) is 11.4. The summed E-state index contributed by atoms with van der Waals surface area (Å²) in [7, 11) is 0. The summed E-state index contributed by atoms with van der Waals surface area (Å²) >= 11 is 0. The predicted octanol–water partition coefficient (Wildman–Crippen LogP) is 1.83. The summed E-state index contributed by atoms with van der Waals surface area (Å²) in [4.78, 5) is 0. The Morgan fingerprint density at radius 2 is 2.00 bits per heavy atom. The molecule has 1 aliphatic rings. The smallest absolute Gasteiger partial charge is 0.192 e. The van der Waals surface area contributed by atoms with Crippen molar-refractivity contribution in [2.75, 3.05) is 0 Å². The number of hydrogen-bond donors (Lipinski definition) is 2. The van der Waals surface area contributed by atoms with Gasteiger partial charge in [0.2, 0.25) is 0 Å². The summed E-state index contributed by atoms with van der Waals surface area (Å²) in [6.45, 7) is 0.342. The van der Waals surface area contributed by atoms with Gasteiger partial charge in [-0.15, -0.1) is 0 Å². The van der Waals surface area contributed by atoms with Crippen molar-refractivity contribution >= 4 is 0 Å². The molecule has 2 unspecified atom stereocenters. The first kappa shape index (κ1) is 11.6. The van der Waals surface area contributed by atoms with Crippen LogP contribution in [0.4, 0.5) is 0 Å². The molecule has 0 amide bonds. The van der Waals surface area contributed by atoms with E-state index in [2.05, 4.69) is 0 Å². The molecule has 1 saturated carbocycles. The third-order valence-corrected chi connectivity index (χ3v) is 3.11. The molecule has 3 heteroatoms. The third kappa shape index (κ3) is 2.61. The average molecular weight is 222 g/mol. The fourth-order valence-electron chi connectivity index (χ4n) is 2.06. The molecular formula is C13H18O3. The van der Waals surface area contributed by atoms with E-state index in [9.17, 15) is 10.2 Å². The number of ether oxygens (including phenoxy) is 1. The first-order valence-corrected chi connectivity index (χ1v) is 5.79. The Morgan fingerprint density at radius 1 is 1.25 bits per heavy atom. The van der Waals surface area contributed by atoms with E-state index in [0.717, 1.165) is 18.4 Å². The van der Waals surface area contributed by atoms with Crippen molar-refractivity contribution in [3.8, 4) is 0 Å². The maximum atomic E-state index is 10.1. The van der Waals surface area contributed by atoms with Crippen molar-refractivity contribution in [3.05, 3.63) is 35.9 Å². The lowest BCUT2D eigenvalue weighted by Gasteiger charge is -2.36. The fourth-order valence-corrected chi connectivity index (χ4v) is 2.06. The number of aliphatic hydroxyl groups is 2. The second-order valence-electron chi connectivity index (χ2n) is 4.38. The van der Waals surface area contributed by atoms with Gasteiger partial charge in [0, 0.05) is 6.42 Å². The van der Waals surface area contributed by atoms with Crippen LogP contribution in [0.3, 0.4) is 0 Å². The molecule has 2 rings (SSSR count). The van der Waals surface area contributed by atoms with E-state index in [0.29, 0.717) is 19.4 Å². The van der Waals surface area contributed by atoms with E-state index < -0.39 is 11.9 Å². The largest absolute Gasteiger partial charge is 0.388 e. The second kappa shape index (κ2) is 4.95. The van der Waals surface area contributed by atoms with Gasteiger partial charge in [0.25, 0.3) is 0 Å². The molecule has 1 aliphatic carbocycles. The summed E-state index contributed by atoms with van der Waals surface area (Å²) < 4.78 is 5.47. The van der Waals surface area contributed by atoms with Crippen molar-refractivity contribution in [1.29, 1.82) is 0 Å². The molecule has 0 radical (unpaired) electrons. The van der Waals surface area contributed by atoms with E-state index in [-0.39, 0.29) is 0 Å². The molecule has 88 valence electrons. The lowest BCUT2D eigenvalue weighted by molar-refractivity contribution is -0.275. The molecule has 0 heterocycles. The van der Waals surface area contributed by atoms with Gasteiger partial charge in [-0.2, -0.15) is 0 Å². The van der Waals surface area contributed by atoms with E-state index in [1.54, 1.807) is 0 Å². The van der Waals surface area contributed by atoms with E-state index in [4.69, 9.17) is 4.74 Å². The Morgan fingerprint density at radius 3 is 2.69 bits per heavy atom. The molecular weight excluding hydrogens is 204 g/mol. The van der Waals surface area contributed by atoms with Crippen molar-refractivity contribution in [2.24, 2.45) is 0 Å². The van der Waals surface area contributed by atoms with Crippen LogP contribution in [-0.4, -0.2) is 22.1 Å². The first-order valence-electron chi connectivity index (χ1n) is 5.79. The van der Waals surface area contributed by atoms with Crippen molar-refractivity contribution in [2.45, 2.75) is 44.2 Å². The van der Waals surface area contributed by atoms with Gasteiger partial charge < -0.3 is 14.9 Å². The minimum absolute atomic E-state index is 0.342. The predicted molar refractivity (Wildman–Crippen MR) is 60.7 cm³/mol. The van der Waals surface area contributed by atoms with Crippen LogP contribution in [0.5, 0.6) is 0 Å². The van der Waals surface area contributed by atoms with Gasteiger partial charge in [-0.3, -0.25) is 0 Å². The molecule has 3 nitrogen and oxygen atoms in total. The quantitative estimate of drug-likeness (QED) is 0.767. The van der Waals surface area contributed by atoms with Crippen LogP contribution < -0.4 is 0 Å². The highest BCUT2D eigenvalue weighted by Crippen LogP contribution is 2.30. The molecule has 16 heavy (non-hydrogen) atoms. The fraction of sp³-hybridized carbons (Fsp3) is 0.538. The number of hydrogen-bond acceptors (Lipinski definition) is 3. The van der Waals surface area contributed by atoms with Crippen LogP contribution in [-0.2, 0) is 11.3 Å². The third-order valence-electron chi connectivity index (χ3n) is 3.11. The summed E-state index contributed by atoms with van der Waals surface area (Å²) in [5, 5.41) is 19.9. The molecule has 1 aromatic carbocycles. The molecule has 2 atom stereocenters. The summed E-state index contributed by atoms with van der Waals surface area (Å²) in [6.07, 6.45) is 2.23. The van der Waals surface area contributed by atoms with E-state index in [1.807, 2.05) is 30.3 Å². The topological polar surface area (TPSA) is 49.7 Å². The summed E-state index contributed by atoms with van der Waals surface area (Å²) in [5.74, 6) is -1.35. The minimum atomic E-state index is -1.35. The van der Waals surface area contributed by atoms with Crippen LogP contribution in [0.15, 0.2) is 30.3 Å². The monoisotopic (exact) mass is 222 g/mol. The molecule has 1 aromatic rings. The molecule has 2 N–H and O–H groups in total. The number of rotatable bonds is 3. The molecule has 0 saturated heterocycles. The standard InChI is InChI=1S/C13H18O3/c14-12-8-4-5-9-13(12,15)16-10-11-6-2-1-3-7-11/h1-3,6-7,12,14-15H,4-5,8-10H2. The van der Waals surface area contributed by atoms with Gasteiger partial charge in [-0.1, -0.05) is 36.8 Å². The second-order valence-corrected chi connectivity index (χ2v) is 4.38. The average Bonchev–Trinajstić information content (AvgIpc) is 2.32. The van der Waals surface area contributed by atoms with Gasteiger partial charge in [-0.05, 0) is 18.4 Å². The van der Waals surface area contributed by atoms with E-state index >= 15 is 0 Å². The Kier molecular flexibility index (Phi) is 3.59. The molecule has 0 aliphatic heterocycles. The van der Waals surface area contributed by atoms with E-state index in [1.165, 1.54) is 0 Å². The van der Waals surface area contributed by atoms with Gasteiger partial charge in [-0.25, -0.2) is 0 Å². The van der Waals surface area contributed by atoms with Crippen LogP contribution in [0.2, 0.25) is 0 Å². The molecule has 1 fully saturated rings. The Bertz CT molecular complexity index is 325. The molecule has 0 aromatic heterocycles. The number of benzene rings is 1. The lowest BCUT2D eigenvalue weighted by atomic mass is 9.91. The normalized spacial score (nSPS) is 30.2. The van der Waals surface area contributed by atoms with Crippen molar-refractivity contribution in [3.63, 3.8) is 0 Å². The van der Waals surface area contributed by atoms with Gasteiger partial charge in [0.05, 0.1) is 6.61 Å². The zero-order valence-electron chi connectivity index (χ0n) is 9.30. The van der Waals surface area contributed by atoms with Gasteiger partial charge in [0.15, 0.2) is 5.79 Å². The minimum Gasteiger partial charge on any atom is -0.388 e. The number of aliphatic hydroxyl groups excluding tert-OH is 1. The van der Waals surface area contributed by atoms with Crippen molar-refractivity contribution in [1.82, 2.24) is 0 Å². The van der Waals surface area contributed by atoms with Crippen LogP contribution in [0.1, 0.15) is 31.2 Å². The lowest BCUT2D eigenvalue weighted by Crippen LogP contribution is -2.47. The van der Waals surface area contributed by atoms with Crippen LogP contribution >= 0.6 is 0 Å². The summed E-state index contributed by atoms with van der Waals surface area (Å²) in [5.41, 5.74) is 1.01. The van der Waals surface area contributed by atoms with Crippen molar-refractivity contribution < 1.29 is 14.9 Å². The Labute approximate surface area is 95.7 Å². The molecule has 0 spiro atoms. The SMILES string of the molecule is OC1CCCCC1(O)OCc1ccccc1. The highest BCUT2D eigenvalue weighted by atomic mass is 16.6. The van der Waals surface area contributed by atoms with Crippen LogP contribution in [0.25, 0.3) is 0 Å². The Hall–Kier alpha value is -0.900. The maximum Gasteiger partial charge on any atom is 0.192 e. The summed E-state index contributed by atoms with van der Waals surface area (Å²) in [6, 6.07) is 9.69. The van der Waals surface area contributed by atoms with Crippen LogP contribution in [0, 0.1) is 0 Å². The first-order chi connectivity index (χ1) is 7.71. The maximum absolute atomic E-state index is 10.1. The zero-order valence-corrected chi connectivity index (χ0v) is 9.30. The van der Waals surface area contributed by atoms with Gasteiger partial charge >= 0.3 is 0 Å². The molecule has 0 bridgehead atoms. The van der Waals surface area contributed by atoms with Gasteiger partial charge in [0.1, 0.15) is 6.10 Å². The highest BCUT2D eigenvalue weighted by Gasteiger charge is 2.38.